The van der Waals surface area contributed by atoms with Gasteiger partial charge in [0, 0.05) is 30.9 Å². The number of amides is 1. The van der Waals surface area contributed by atoms with Crippen LogP contribution in [-0.2, 0) is 6.42 Å². The molecule has 0 radical (unpaired) electrons. The minimum atomic E-state index is -0.744. The van der Waals surface area contributed by atoms with Gasteiger partial charge in [0.05, 0.1) is 5.60 Å². The lowest BCUT2D eigenvalue weighted by atomic mass is 9.94. The lowest BCUT2D eigenvalue weighted by molar-refractivity contribution is -0.0107. The molecule has 19 heavy (non-hydrogen) atoms. The molecule has 1 aromatic rings. The van der Waals surface area contributed by atoms with Crippen molar-refractivity contribution in [2.24, 2.45) is 0 Å². The molecule has 102 valence electrons. The quantitative estimate of drug-likeness (QED) is 0.807. The van der Waals surface area contributed by atoms with Crippen molar-refractivity contribution < 1.29 is 9.90 Å². The fraction of sp³-hybridized carbons (Fsp3) is 0.533. The lowest BCUT2D eigenvalue weighted by Gasteiger charge is -2.36. The van der Waals surface area contributed by atoms with Gasteiger partial charge in [0.25, 0.3) is 5.91 Å². The van der Waals surface area contributed by atoms with Gasteiger partial charge < -0.3 is 15.3 Å². The number of carbonyl (C=O) groups excluding carboxylic acids is 1. The van der Waals surface area contributed by atoms with Gasteiger partial charge >= 0.3 is 0 Å². The number of rotatable bonds is 1. The van der Waals surface area contributed by atoms with E-state index in [0.717, 1.165) is 43.6 Å². The Hall–Kier alpha value is -1.55. The van der Waals surface area contributed by atoms with Gasteiger partial charge in [-0.1, -0.05) is 0 Å². The smallest absolute Gasteiger partial charge is 0.253 e. The molecule has 1 saturated heterocycles. The van der Waals surface area contributed by atoms with Crippen LogP contribution < -0.4 is 5.32 Å². The fourth-order valence-corrected chi connectivity index (χ4v) is 3.01. The summed E-state index contributed by atoms with van der Waals surface area (Å²) in [6, 6.07) is 5.85. The molecular formula is C15H20N2O2. The molecule has 2 aliphatic heterocycles. The first-order valence-corrected chi connectivity index (χ1v) is 6.94. The highest BCUT2D eigenvalue weighted by atomic mass is 16.3. The van der Waals surface area contributed by atoms with Gasteiger partial charge in [-0.3, -0.25) is 4.79 Å². The van der Waals surface area contributed by atoms with E-state index in [9.17, 15) is 9.90 Å². The monoisotopic (exact) mass is 260 g/mol. The van der Waals surface area contributed by atoms with E-state index in [1.54, 1.807) is 11.8 Å². The number of likely N-dealkylation sites (tertiary alicyclic amines) is 1. The van der Waals surface area contributed by atoms with Crippen LogP contribution in [0.15, 0.2) is 18.2 Å². The Morgan fingerprint density at radius 3 is 3.11 bits per heavy atom. The Balaban J connectivity index is 1.80. The standard InChI is InChI=1S/C15H20N2O2/c1-15(19)6-2-8-17(10-15)14(18)12-3-4-13-11(9-12)5-7-16-13/h3-4,9,16,19H,2,5-8,10H2,1H3. The highest BCUT2D eigenvalue weighted by Crippen LogP contribution is 2.26. The molecule has 1 aromatic carbocycles. The zero-order chi connectivity index (χ0) is 13.5. The second-order valence-electron chi connectivity index (χ2n) is 5.88. The van der Waals surface area contributed by atoms with Crippen molar-refractivity contribution in [3.8, 4) is 0 Å². The van der Waals surface area contributed by atoms with Crippen molar-refractivity contribution in [3.63, 3.8) is 0 Å². The molecule has 1 atom stereocenters. The first-order valence-electron chi connectivity index (χ1n) is 6.94. The van der Waals surface area contributed by atoms with Gasteiger partial charge in [-0.2, -0.15) is 0 Å². The third-order valence-electron chi connectivity index (χ3n) is 4.02. The molecule has 4 heteroatoms. The van der Waals surface area contributed by atoms with E-state index in [1.165, 1.54) is 5.56 Å². The lowest BCUT2D eigenvalue weighted by Crippen LogP contribution is -2.48. The number of β-amino-alcohol motifs (C(OH)–C–C–N with tert-alkyl or cyclic N) is 1. The molecule has 1 fully saturated rings. The first kappa shape index (κ1) is 12.5. The summed E-state index contributed by atoms with van der Waals surface area (Å²) in [6.45, 7) is 3.93. The third-order valence-corrected chi connectivity index (χ3v) is 4.02. The maximum Gasteiger partial charge on any atom is 0.253 e. The Kier molecular flexibility index (Phi) is 2.97. The van der Waals surface area contributed by atoms with Crippen LogP contribution in [0.2, 0.25) is 0 Å². The Morgan fingerprint density at radius 2 is 2.32 bits per heavy atom. The maximum absolute atomic E-state index is 12.5. The Morgan fingerprint density at radius 1 is 1.47 bits per heavy atom. The van der Waals surface area contributed by atoms with E-state index in [2.05, 4.69) is 5.32 Å². The number of carbonyl (C=O) groups is 1. The topological polar surface area (TPSA) is 52.6 Å². The predicted molar refractivity (Wildman–Crippen MR) is 74.4 cm³/mol. The number of anilines is 1. The number of hydrogen-bond donors (Lipinski definition) is 2. The summed E-state index contributed by atoms with van der Waals surface area (Å²) >= 11 is 0. The van der Waals surface area contributed by atoms with Crippen LogP contribution >= 0.6 is 0 Å². The minimum absolute atomic E-state index is 0.0367. The average molecular weight is 260 g/mol. The van der Waals surface area contributed by atoms with Gasteiger partial charge in [-0.15, -0.1) is 0 Å². The van der Waals surface area contributed by atoms with E-state index in [4.69, 9.17) is 0 Å². The summed E-state index contributed by atoms with van der Waals surface area (Å²) in [6.07, 6.45) is 2.62. The van der Waals surface area contributed by atoms with Crippen LogP contribution in [0.25, 0.3) is 0 Å². The van der Waals surface area contributed by atoms with Crippen molar-refractivity contribution in [1.82, 2.24) is 4.90 Å². The number of piperidine rings is 1. The number of fused-ring (bicyclic) bond motifs is 1. The molecule has 2 heterocycles. The van der Waals surface area contributed by atoms with E-state index >= 15 is 0 Å². The van der Waals surface area contributed by atoms with Crippen LogP contribution in [0.5, 0.6) is 0 Å². The number of nitrogens with zero attached hydrogens (tertiary/aromatic N) is 1. The Bertz CT molecular complexity index is 511. The molecule has 2 N–H and O–H groups in total. The summed E-state index contributed by atoms with van der Waals surface area (Å²) in [4.78, 5) is 14.3. The van der Waals surface area contributed by atoms with Crippen molar-refractivity contribution in [2.45, 2.75) is 31.8 Å². The SMILES string of the molecule is CC1(O)CCCN(C(=O)c2ccc3c(c2)CCN3)C1. The van der Waals surface area contributed by atoms with Crippen molar-refractivity contribution in [3.05, 3.63) is 29.3 Å². The molecule has 0 aliphatic carbocycles. The highest BCUT2D eigenvalue weighted by molar-refractivity contribution is 5.95. The van der Waals surface area contributed by atoms with E-state index < -0.39 is 5.60 Å². The number of nitrogens with one attached hydrogen (secondary N) is 1. The number of benzene rings is 1. The van der Waals surface area contributed by atoms with E-state index in [0.29, 0.717) is 6.54 Å². The first-order chi connectivity index (χ1) is 9.05. The van der Waals surface area contributed by atoms with Crippen LogP contribution in [0.1, 0.15) is 35.7 Å². The second-order valence-corrected chi connectivity index (χ2v) is 5.88. The zero-order valence-electron chi connectivity index (χ0n) is 11.3. The predicted octanol–water partition coefficient (Wildman–Crippen LogP) is 1.64. The van der Waals surface area contributed by atoms with Crippen LogP contribution in [0.3, 0.4) is 0 Å². The molecule has 2 aliphatic rings. The van der Waals surface area contributed by atoms with Crippen LogP contribution in [0, 0.1) is 0 Å². The van der Waals surface area contributed by atoms with Crippen LogP contribution in [0.4, 0.5) is 5.69 Å². The van der Waals surface area contributed by atoms with E-state index in [-0.39, 0.29) is 5.91 Å². The summed E-state index contributed by atoms with van der Waals surface area (Å²) in [7, 11) is 0. The summed E-state index contributed by atoms with van der Waals surface area (Å²) < 4.78 is 0. The molecule has 0 bridgehead atoms. The normalized spacial score (nSPS) is 25.9. The Labute approximate surface area is 113 Å². The van der Waals surface area contributed by atoms with Crippen molar-refractivity contribution in [2.75, 3.05) is 25.0 Å². The van der Waals surface area contributed by atoms with Gasteiger partial charge in [0.2, 0.25) is 0 Å². The highest BCUT2D eigenvalue weighted by Gasteiger charge is 2.31. The maximum atomic E-state index is 12.5. The molecule has 1 unspecified atom stereocenters. The molecular weight excluding hydrogens is 240 g/mol. The van der Waals surface area contributed by atoms with Crippen molar-refractivity contribution >= 4 is 11.6 Å². The third kappa shape index (κ3) is 2.45. The number of aliphatic hydroxyl groups is 1. The summed E-state index contributed by atoms with van der Waals surface area (Å²) in [5, 5.41) is 13.4. The largest absolute Gasteiger partial charge is 0.388 e. The van der Waals surface area contributed by atoms with Gasteiger partial charge in [0.1, 0.15) is 0 Å². The fourth-order valence-electron chi connectivity index (χ4n) is 3.01. The van der Waals surface area contributed by atoms with Gasteiger partial charge in [-0.25, -0.2) is 0 Å². The van der Waals surface area contributed by atoms with Gasteiger partial charge in [0.15, 0.2) is 0 Å². The minimum Gasteiger partial charge on any atom is -0.388 e. The van der Waals surface area contributed by atoms with E-state index in [1.807, 2.05) is 18.2 Å². The summed E-state index contributed by atoms with van der Waals surface area (Å²) in [5.41, 5.74) is 2.35. The summed E-state index contributed by atoms with van der Waals surface area (Å²) in [5.74, 6) is 0.0367. The molecule has 1 amide bonds. The molecule has 0 aromatic heterocycles. The van der Waals surface area contributed by atoms with Gasteiger partial charge in [-0.05, 0) is 49.9 Å². The average Bonchev–Trinajstić information content (AvgIpc) is 2.83. The molecule has 0 spiro atoms. The second kappa shape index (κ2) is 4.53. The van der Waals surface area contributed by atoms with Crippen LogP contribution in [-0.4, -0.2) is 41.1 Å². The number of hydrogen-bond acceptors (Lipinski definition) is 3. The molecule has 4 nitrogen and oxygen atoms in total. The zero-order valence-corrected chi connectivity index (χ0v) is 11.3. The molecule has 3 rings (SSSR count). The van der Waals surface area contributed by atoms with Crippen molar-refractivity contribution in [1.29, 1.82) is 0 Å². The molecule has 0 saturated carbocycles.